The normalized spacial score (nSPS) is 11.3. The fourth-order valence-electron chi connectivity index (χ4n) is 1.16. The highest BCUT2D eigenvalue weighted by molar-refractivity contribution is 8.00. The van der Waals surface area contributed by atoms with Crippen LogP contribution in [0.25, 0.3) is 0 Å². The van der Waals surface area contributed by atoms with E-state index in [4.69, 9.17) is 5.11 Å². The van der Waals surface area contributed by atoms with Crippen LogP contribution < -0.4 is 5.32 Å². The minimum absolute atomic E-state index is 0.0152. The molecule has 3 nitrogen and oxygen atoms in total. The molecule has 7 heteroatoms. The molecule has 1 rings (SSSR count). The Morgan fingerprint density at radius 2 is 2.11 bits per heavy atom. The van der Waals surface area contributed by atoms with Gasteiger partial charge in [0, 0.05) is 11.4 Å². The van der Waals surface area contributed by atoms with E-state index < -0.39 is 11.7 Å². The smallest absolute Gasteiger partial charge is 0.395 e. The van der Waals surface area contributed by atoms with Gasteiger partial charge in [0.2, 0.25) is 5.91 Å². The van der Waals surface area contributed by atoms with Gasteiger partial charge in [-0.1, -0.05) is 6.07 Å². The summed E-state index contributed by atoms with van der Waals surface area (Å²) in [6.45, 7) is -0.0258. The Morgan fingerprint density at radius 1 is 1.39 bits per heavy atom. The number of carbonyl (C=O) groups is 1. The van der Waals surface area contributed by atoms with Crippen LogP contribution in [0.4, 0.5) is 13.2 Å². The second-order valence-corrected chi connectivity index (χ2v) is 4.44. The Morgan fingerprint density at radius 3 is 2.72 bits per heavy atom. The molecule has 0 unspecified atom stereocenters. The highest BCUT2D eigenvalue weighted by Crippen LogP contribution is 2.31. The number of nitrogens with one attached hydrogen (secondary N) is 1. The lowest BCUT2D eigenvalue weighted by atomic mass is 10.2. The maximum Gasteiger partial charge on any atom is 0.416 e. The Bertz CT molecular complexity index is 410. The summed E-state index contributed by atoms with van der Waals surface area (Å²) < 4.78 is 37.3. The largest absolute Gasteiger partial charge is 0.416 e. The highest BCUT2D eigenvalue weighted by Gasteiger charge is 2.30. The van der Waals surface area contributed by atoms with Gasteiger partial charge in [-0.05, 0) is 18.2 Å². The summed E-state index contributed by atoms with van der Waals surface area (Å²) in [5.41, 5.74) is -0.733. The van der Waals surface area contributed by atoms with Crippen LogP contribution in [0.3, 0.4) is 0 Å². The zero-order chi connectivity index (χ0) is 13.6. The number of amides is 1. The van der Waals surface area contributed by atoms with Crippen LogP contribution in [0.15, 0.2) is 29.2 Å². The number of carbonyl (C=O) groups excluding carboxylic acids is 1. The molecule has 2 N–H and O–H groups in total. The zero-order valence-electron chi connectivity index (χ0n) is 9.33. The van der Waals surface area contributed by atoms with E-state index >= 15 is 0 Å². The van der Waals surface area contributed by atoms with Crippen LogP contribution in [0.2, 0.25) is 0 Å². The van der Waals surface area contributed by atoms with Gasteiger partial charge < -0.3 is 10.4 Å². The average molecular weight is 279 g/mol. The standard InChI is InChI=1S/C11H12F3NO2S/c12-11(13,14)8-2-1-3-9(6-8)18-7-10(17)15-4-5-16/h1-3,6,16H,4-5,7H2,(H,15,17). The Kier molecular flexibility index (Phi) is 5.49. The van der Waals surface area contributed by atoms with Crippen LogP contribution >= 0.6 is 11.8 Å². The van der Waals surface area contributed by atoms with Gasteiger partial charge >= 0.3 is 6.18 Å². The van der Waals surface area contributed by atoms with Crippen molar-refractivity contribution in [3.8, 4) is 0 Å². The van der Waals surface area contributed by atoms with Crippen molar-refractivity contribution >= 4 is 17.7 Å². The van der Waals surface area contributed by atoms with E-state index in [0.717, 1.165) is 23.9 Å². The molecule has 1 aromatic rings. The predicted molar refractivity (Wildman–Crippen MR) is 62.3 cm³/mol. The molecule has 0 saturated carbocycles. The number of halogens is 3. The molecule has 0 aliphatic carbocycles. The first kappa shape index (κ1) is 14.8. The SMILES string of the molecule is O=C(CSc1cccc(C(F)(F)F)c1)NCCO. The van der Waals surface area contributed by atoms with Crippen molar-refractivity contribution in [1.82, 2.24) is 5.32 Å². The number of aliphatic hydroxyl groups is 1. The summed E-state index contributed by atoms with van der Waals surface area (Å²) in [7, 11) is 0. The van der Waals surface area contributed by atoms with Crippen molar-refractivity contribution in [2.45, 2.75) is 11.1 Å². The molecule has 0 bridgehead atoms. The van der Waals surface area contributed by atoms with Gasteiger partial charge in [0.05, 0.1) is 17.9 Å². The fraction of sp³-hybridized carbons (Fsp3) is 0.364. The maximum atomic E-state index is 12.4. The minimum Gasteiger partial charge on any atom is -0.395 e. The molecule has 100 valence electrons. The number of hydrogen-bond donors (Lipinski definition) is 2. The van der Waals surface area contributed by atoms with E-state index in [0.29, 0.717) is 4.90 Å². The summed E-state index contributed by atoms with van der Waals surface area (Å²) in [5, 5.41) is 10.9. The highest BCUT2D eigenvalue weighted by atomic mass is 32.2. The van der Waals surface area contributed by atoms with Crippen molar-refractivity contribution in [2.24, 2.45) is 0 Å². The molecular weight excluding hydrogens is 267 g/mol. The summed E-state index contributed by atoms with van der Waals surface area (Å²) in [5.74, 6) is -0.312. The van der Waals surface area contributed by atoms with Gasteiger partial charge in [0.15, 0.2) is 0 Å². The van der Waals surface area contributed by atoms with E-state index in [1.165, 1.54) is 12.1 Å². The molecule has 0 radical (unpaired) electrons. The Balaban J connectivity index is 2.55. The number of rotatable bonds is 5. The molecule has 18 heavy (non-hydrogen) atoms. The summed E-state index contributed by atoms with van der Waals surface area (Å²) in [6.07, 6.45) is -4.38. The van der Waals surface area contributed by atoms with Gasteiger partial charge in [0.1, 0.15) is 0 Å². The summed E-state index contributed by atoms with van der Waals surface area (Å²) in [6, 6.07) is 4.80. The molecule has 0 heterocycles. The second kappa shape index (κ2) is 6.65. The third-order valence-corrected chi connectivity index (χ3v) is 2.96. The first-order valence-electron chi connectivity index (χ1n) is 5.11. The maximum absolute atomic E-state index is 12.4. The number of alkyl halides is 3. The monoisotopic (exact) mass is 279 g/mol. The molecule has 0 aromatic heterocycles. The minimum atomic E-state index is -4.38. The second-order valence-electron chi connectivity index (χ2n) is 3.39. The summed E-state index contributed by atoms with van der Waals surface area (Å²) >= 11 is 1.02. The molecule has 0 atom stereocenters. The topological polar surface area (TPSA) is 49.3 Å². The molecule has 0 aliphatic rings. The number of benzene rings is 1. The van der Waals surface area contributed by atoms with E-state index in [9.17, 15) is 18.0 Å². The Hall–Kier alpha value is -1.21. The Labute approximate surface area is 106 Å². The average Bonchev–Trinajstić information content (AvgIpc) is 2.33. The fourth-order valence-corrected chi connectivity index (χ4v) is 1.94. The molecule has 0 saturated heterocycles. The van der Waals surface area contributed by atoms with Gasteiger partial charge in [-0.25, -0.2) is 0 Å². The third kappa shape index (κ3) is 4.97. The van der Waals surface area contributed by atoms with Crippen LogP contribution in [-0.4, -0.2) is 29.9 Å². The number of aliphatic hydroxyl groups excluding tert-OH is 1. The van der Waals surface area contributed by atoms with E-state index in [1.807, 2.05) is 0 Å². The lowest BCUT2D eigenvalue weighted by molar-refractivity contribution is -0.137. The van der Waals surface area contributed by atoms with Gasteiger partial charge in [0.25, 0.3) is 0 Å². The van der Waals surface area contributed by atoms with Crippen LogP contribution in [0, 0.1) is 0 Å². The van der Waals surface area contributed by atoms with Gasteiger partial charge in [-0.15, -0.1) is 11.8 Å². The zero-order valence-corrected chi connectivity index (χ0v) is 10.1. The number of thioether (sulfide) groups is 1. The van der Waals surface area contributed by atoms with Crippen LogP contribution in [0.1, 0.15) is 5.56 Å². The predicted octanol–water partition coefficient (Wildman–Crippen LogP) is 1.91. The third-order valence-electron chi connectivity index (χ3n) is 1.97. The lowest BCUT2D eigenvalue weighted by Gasteiger charge is -2.08. The van der Waals surface area contributed by atoms with E-state index in [1.54, 1.807) is 0 Å². The van der Waals surface area contributed by atoms with Crippen LogP contribution in [-0.2, 0) is 11.0 Å². The quantitative estimate of drug-likeness (QED) is 0.809. The van der Waals surface area contributed by atoms with Crippen molar-refractivity contribution in [1.29, 1.82) is 0 Å². The van der Waals surface area contributed by atoms with Gasteiger partial charge in [-0.3, -0.25) is 4.79 Å². The van der Waals surface area contributed by atoms with Crippen molar-refractivity contribution in [3.05, 3.63) is 29.8 Å². The number of hydrogen-bond acceptors (Lipinski definition) is 3. The first-order valence-corrected chi connectivity index (χ1v) is 6.09. The van der Waals surface area contributed by atoms with Crippen molar-refractivity contribution in [3.63, 3.8) is 0 Å². The lowest BCUT2D eigenvalue weighted by Crippen LogP contribution is -2.27. The van der Waals surface area contributed by atoms with Crippen LogP contribution in [0.5, 0.6) is 0 Å². The molecule has 0 aliphatic heterocycles. The molecule has 1 aromatic carbocycles. The van der Waals surface area contributed by atoms with Gasteiger partial charge in [-0.2, -0.15) is 13.2 Å². The molecule has 1 amide bonds. The van der Waals surface area contributed by atoms with Crippen molar-refractivity contribution < 1.29 is 23.1 Å². The van der Waals surface area contributed by atoms with E-state index in [-0.39, 0.29) is 24.8 Å². The molecular formula is C11H12F3NO2S. The van der Waals surface area contributed by atoms with E-state index in [2.05, 4.69) is 5.32 Å². The molecule has 0 spiro atoms. The first-order chi connectivity index (χ1) is 8.43. The summed E-state index contributed by atoms with van der Waals surface area (Å²) in [4.78, 5) is 11.6. The van der Waals surface area contributed by atoms with Crippen molar-refractivity contribution in [2.75, 3.05) is 18.9 Å². The molecule has 0 fully saturated rings.